The van der Waals surface area contributed by atoms with Gasteiger partial charge in [0.2, 0.25) is 0 Å². The van der Waals surface area contributed by atoms with Gasteiger partial charge in [-0.05, 0) is 37.3 Å². The topological polar surface area (TPSA) is 78.3 Å². The Morgan fingerprint density at radius 1 is 1.20 bits per heavy atom. The molecule has 0 atom stereocenters. The van der Waals surface area contributed by atoms with Gasteiger partial charge in [-0.25, -0.2) is 9.18 Å². The molecule has 1 heterocycles. The number of ether oxygens (including phenoxy) is 1. The van der Waals surface area contributed by atoms with Crippen molar-refractivity contribution in [1.82, 2.24) is 9.78 Å². The van der Waals surface area contributed by atoms with Crippen LogP contribution < -0.4 is 5.56 Å². The maximum absolute atomic E-state index is 13.1. The van der Waals surface area contributed by atoms with Gasteiger partial charge in [0.1, 0.15) is 17.1 Å². The molecule has 1 aromatic carbocycles. The van der Waals surface area contributed by atoms with Gasteiger partial charge in [0.05, 0.1) is 12.3 Å². The molecule has 0 N–H and O–H groups in total. The third-order valence-corrected chi connectivity index (χ3v) is 3.39. The highest BCUT2D eigenvalue weighted by Gasteiger charge is 2.27. The fraction of sp³-hybridized carbons (Fsp3) is 0.333. The molecule has 7 heteroatoms. The van der Waals surface area contributed by atoms with E-state index in [1.54, 1.807) is 27.7 Å². The molecule has 132 valence electrons. The number of ketones is 1. The van der Waals surface area contributed by atoms with Crippen LogP contribution in [0.1, 0.15) is 48.5 Å². The summed E-state index contributed by atoms with van der Waals surface area (Å²) < 4.78 is 18.9. The van der Waals surface area contributed by atoms with Crippen LogP contribution in [0.2, 0.25) is 0 Å². The molecule has 0 aliphatic heterocycles. The summed E-state index contributed by atoms with van der Waals surface area (Å²) in [7, 11) is 0. The standard InChI is InChI=1S/C18H19FN2O4/c1-5-25-17(24)13-10-14(15(22)18(2,3)4)20-21(16(13)23)12-8-6-11(19)7-9-12/h6-10H,5H2,1-4H3. The Morgan fingerprint density at radius 3 is 2.32 bits per heavy atom. The zero-order chi connectivity index (χ0) is 18.8. The lowest BCUT2D eigenvalue weighted by molar-refractivity contribution is 0.0523. The quantitative estimate of drug-likeness (QED) is 0.628. The molecule has 0 spiro atoms. The number of esters is 1. The second-order valence-electron chi connectivity index (χ2n) is 6.44. The molecular formula is C18H19FN2O4. The van der Waals surface area contributed by atoms with Crippen molar-refractivity contribution in [3.63, 3.8) is 0 Å². The van der Waals surface area contributed by atoms with E-state index in [4.69, 9.17) is 4.74 Å². The maximum Gasteiger partial charge on any atom is 0.343 e. The summed E-state index contributed by atoms with van der Waals surface area (Å²) in [6, 6.07) is 6.14. The van der Waals surface area contributed by atoms with Crippen molar-refractivity contribution in [3.05, 3.63) is 57.8 Å². The molecule has 6 nitrogen and oxygen atoms in total. The molecule has 0 saturated heterocycles. The van der Waals surface area contributed by atoms with Crippen LogP contribution in [-0.2, 0) is 4.74 Å². The van der Waals surface area contributed by atoms with Gasteiger partial charge < -0.3 is 4.74 Å². The highest BCUT2D eigenvalue weighted by molar-refractivity contribution is 6.00. The van der Waals surface area contributed by atoms with Crippen molar-refractivity contribution >= 4 is 11.8 Å². The monoisotopic (exact) mass is 346 g/mol. The number of benzene rings is 1. The zero-order valence-corrected chi connectivity index (χ0v) is 14.5. The van der Waals surface area contributed by atoms with E-state index in [-0.39, 0.29) is 29.3 Å². The molecule has 0 fully saturated rings. The molecule has 0 amide bonds. The smallest absolute Gasteiger partial charge is 0.343 e. The molecule has 0 bridgehead atoms. The summed E-state index contributed by atoms with van der Waals surface area (Å²) in [4.78, 5) is 37.2. The molecule has 2 aromatic rings. The van der Waals surface area contributed by atoms with Gasteiger partial charge in [0.25, 0.3) is 5.56 Å². The van der Waals surface area contributed by atoms with Gasteiger partial charge in [-0.2, -0.15) is 9.78 Å². The maximum atomic E-state index is 13.1. The number of nitrogens with zero attached hydrogens (tertiary/aromatic N) is 2. The number of carbonyl (C=O) groups is 2. The lowest BCUT2D eigenvalue weighted by atomic mass is 9.88. The first kappa shape index (κ1) is 18.5. The van der Waals surface area contributed by atoms with Gasteiger partial charge in [0, 0.05) is 5.41 Å². The zero-order valence-electron chi connectivity index (χ0n) is 14.5. The Labute approximate surface area is 144 Å². The summed E-state index contributed by atoms with van der Waals surface area (Å²) in [5.41, 5.74) is -1.60. The van der Waals surface area contributed by atoms with Crippen molar-refractivity contribution in [3.8, 4) is 5.69 Å². The van der Waals surface area contributed by atoms with Crippen LogP contribution in [0.25, 0.3) is 5.69 Å². The van der Waals surface area contributed by atoms with E-state index in [9.17, 15) is 18.8 Å². The number of Topliss-reactive ketones (excluding diaryl/α,β-unsaturated/α-hetero) is 1. The molecule has 1 aromatic heterocycles. The summed E-state index contributed by atoms with van der Waals surface area (Å²) in [6.45, 7) is 6.80. The number of aromatic nitrogens is 2. The van der Waals surface area contributed by atoms with Crippen LogP contribution in [0.5, 0.6) is 0 Å². The highest BCUT2D eigenvalue weighted by atomic mass is 19.1. The normalized spacial score (nSPS) is 11.2. The first-order valence-electron chi connectivity index (χ1n) is 7.77. The van der Waals surface area contributed by atoms with E-state index in [1.165, 1.54) is 12.1 Å². The van der Waals surface area contributed by atoms with Gasteiger partial charge in [0.15, 0.2) is 5.78 Å². The minimum Gasteiger partial charge on any atom is -0.462 e. The summed E-state index contributed by atoms with van der Waals surface area (Å²) >= 11 is 0. The fourth-order valence-corrected chi connectivity index (χ4v) is 2.10. The minimum absolute atomic E-state index is 0.0421. The SMILES string of the molecule is CCOC(=O)c1cc(C(=O)C(C)(C)C)nn(-c2ccc(F)cc2)c1=O. The van der Waals surface area contributed by atoms with Crippen LogP contribution in [0.4, 0.5) is 4.39 Å². The summed E-state index contributed by atoms with van der Waals surface area (Å²) in [5.74, 6) is -1.66. The van der Waals surface area contributed by atoms with E-state index in [0.29, 0.717) is 0 Å². The third-order valence-electron chi connectivity index (χ3n) is 3.39. The minimum atomic E-state index is -0.839. The Morgan fingerprint density at radius 2 is 1.80 bits per heavy atom. The summed E-state index contributed by atoms with van der Waals surface area (Å²) in [5, 5.41) is 4.07. The summed E-state index contributed by atoms with van der Waals surface area (Å²) in [6.07, 6.45) is 0. The van der Waals surface area contributed by atoms with Crippen molar-refractivity contribution in [2.75, 3.05) is 6.61 Å². The molecule has 2 rings (SSSR count). The largest absolute Gasteiger partial charge is 0.462 e. The number of carbonyl (C=O) groups excluding carboxylic acids is 2. The van der Waals surface area contributed by atoms with Crippen LogP contribution >= 0.6 is 0 Å². The molecule has 25 heavy (non-hydrogen) atoms. The Balaban J connectivity index is 2.71. The second-order valence-corrected chi connectivity index (χ2v) is 6.44. The van der Waals surface area contributed by atoms with E-state index < -0.39 is 22.8 Å². The van der Waals surface area contributed by atoms with E-state index in [1.807, 2.05) is 0 Å². The van der Waals surface area contributed by atoms with Gasteiger partial charge in [-0.3, -0.25) is 9.59 Å². The third kappa shape index (κ3) is 3.99. The predicted octanol–water partition coefficient (Wildman–Crippen LogP) is 2.78. The number of halogens is 1. The van der Waals surface area contributed by atoms with E-state index >= 15 is 0 Å². The van der Waals surface area contributed by atoms with Crippen molar-refractivity contribution < 1.29 is 18.7 Å². The molecule has 0 aliphatic rings. The van der Waals surface area contributed by atoms with Gasteiger partial charge in [-0.15, -0.1) is 0 Å². The second kappa shape index (κ2) is 6.96. The number of hydrogen-bond acceptors (Lipinski definition) is 5. The molecule has 0 saturated carbocycles. The van der Waals surface area contributed by atoms with E-state index in [0.717, 1.165) is 22.9 Å². The van der Waals surface area contributed by atoms with Crippen molar-refractivity contribution in [1.29, 1.82) is 0 Å². The first-order valence-corrected chi connectivity index (χ1v) is 7.77. The number of rotatable bonds is 4. The highest BCUT2D eigenvalue weighted by Crippen LogP contribution is 2.20. The molecule has 0 aliphatic carbocycles. The lowest BCUT2D eigenvalue weighted by Crippen LogP contribution is -2.32. The average Bonchev–Trinajstić information content (AvgIpc) is 2.54. The predicted molar refractivity (Wildman–Crippen MR) is 89.5 cm³/mol. The van der Waals surface area contributed by atoms with E-state index in [2.05, 4.69) is 5.10 Å². The van der Waals surface area contributed by atoms with Crippen molar-refractivity contribution in [2.24, 2.45) is 5.41 Å². The van der Waals surface area contributed by atoms with Crippen molar-refractivity contribution in [2.45, 2.75) is 27.7 Å². The average molecular weight is 346 g/mol. The molecule has 0 radical (unpaired) electrons. The molecule has 0 unspecified atom stereocenters. The Kier molecular flexibility index (Phi) is 5.15. The Bertz CT molecular complexity index is 864. The van der Waals surface area contributed by atoms with Crippen LogP contribution in [-0.4, -0.2) is 28.1 Å². The Hall–Kier alpha value is -2.83. The van der Waals surface area contributed by atoms with Crippen LogP contribution in [0, 0.1) is 11.2 Å². The first-order chi connectivity index (χ1) is 11.6. The lowest BCUT2D eigenvalue weighted by Gasteiger charge is -2.17. The number of hydrogen-bond donors (Lipinski definition) is 0. The van der Waals surface area contributed by atoms with Crippen LogP contribution in [0.3, 0.4) is 0 Å². The van der Waals surface area contributed by atoms with Crippen LogP contribution in [0.15, 0.2) is 35.1 Å². The molecular weight excluding hydrogens is 327 g/mol. The van der Waals surface area contributed by atoms with Gasteiger partial charge >= 0.3 is 5.97 Å². The van der Waals surface area contributed by atoms with Gasteiger partial charge in [-0.1, -0.05) is 20.8 Å². The fourth-order valence-electron chi connectivity index (χ4n) is 2.10.